The average molecular weight is 427 g/mol. The van der Waals surface area contributed by atoms with E-state index in [1.165, 1.54) is 0 Å². The number of imidazole rings is 1. The second-order valence-electron chi connectivity index (χ2n) is 6.88. The third-order valence-electron chi connectivity index (χ3n) is 4.63. The summed E-state index contributed by atoms with van der Waals surface area (Å²) in [5.41, 5.74) is 9.41. The minimum Gasteiger partial charge on any atom is -0.326 e. The molecule has 4 aromatic heterocycles. The highest BCUT2D eigenvalue weighted by molar-refractivity contribution is 6.43. The van der Waals surface area contributed by atoms with Gasteiger partial charge in [-0.15, -0.1) is 0 Å². The summed E-state index contributed by atoms with van der Waals surface area (Å²) in [5, 5.41) is 13.5. The van der Waals surface area contributed by atoms with Crippen LogP contribution in [0.2, 0.25) is 10.0 Å². The fourth-order valence-corrected chi connectivity index (χ4v) is 3.79. The van der Waals surface area contributed by atoms with E-state index in [9.17, 15) is 0 Å². The number of nitrogens with one attached hydrogen (secondary N) is 1. The van der Waals surface area contributed by atoms with E-state index in [1.807, 2.05) is 35.9 Å². The zero-order chi connectivity index (χ0) is 20.1. The Bertz CT molecular complexity index is 1350. The van der Waals surface area contributed by atoms with Crippen molar-refractivity contribution in [2.45, 2.75) is 19.5 Å². The molecular weight excluding hydrogens is 411 g/mol. The summed E-state index contributed by atoms with van der Waals surface area (Å²) < 4.78 is 3.71. The number of H-pyrrole nitrogens is 1. The van der Waals surface area contributed by atoms with Crippen molar-refractivity contribution in [3.63, 3.8) is 0 Å². The molecule has 0 radical (unpaired) electrons. The van der Waals surface area contributed by atoms with Crippen LogP contribution in [-0.4, -0.2) is 40.4 Å². The molecule has 0 bridgehead atoms. The van der Waals surface area contributed by atoms with Gasteiger partial charge >= 0.3 is 0 Å². The monoisotopic (exact) mass is 426 g/mol. The van der Waals surface area contributed by atoms with Gasteiger partial charge in [-0.05, 0) is 13.0 Å². The van der Waals surface area contributed by atoms with E-state index in [0.717, 1.165) is 16.5 Å². The molecule has 0 aliphatic heterocycles. The van der Waals surface area contributed by atoms with Crippen molar-refractivity contribution in [2.24, 2.45) is 5.73 Å². The van der Waals surface area contributed by atoms with Crippen molar-refractivity contribution in [1.82, 2.24) is 34.3 Å². The molecule has 0 fully saturated rings. The van der Waals surface area contributed by atoms with Crippen LogP contribution in [0.25, 0.3) is 39.3 Å². The smallest absolute Gasteiger partial charge is 0.162 e. The summed E-state index contributed by atoms with van der Waals surface area (Å²) in [6.07, 6.45) is 7.27. The molecule has 0 saturated carbocycles. The van der Waals surface area contributed by atoms with E-state index < -0.39 is 0 Å². The molecule has 146 valence electrons. The molecule has 0 amide bonds. The summed E-state index contributed by atoms with van der Waals surface area (Å²) in [6, 6.07) is 5.45. The molecule has 4 heterocycles. The molecule has 5 rings (SSSR count). The maximum absolute atomic E-state index is 6.43. The predicted octanol–water partition coefficient (Wildman–Crippen LogP) is 3.79. The molecule has 3 N–H and O–H groups in total. The largest absolute Gasteiger partial charge is 0.326 e. The molecule has 1 atom stereocenters. The topological polar surface area (TPSA) is 103 Å². The Balaban J connectivity index is 1.73. The predicted molar refractivity (Wildman–Crippen MR) is 113 cm³/mol. The van der Waals surface area contributed by atoms with Crippen LogP contribution < -0.4 is 5.73 Å². The van der Waals surface area contributed by atoms with E-state index >= 15 is 0 Å². The van der Waals surface area contributed by atoms with Gasteiger partial charge in [0.2, 0.25) is 0 Å². The number of hydrogen-bond acceptors (Lipinski definition) is 5. The minimum atomic E-state index is 0.00376. The standard InChI is InChI=1S/C19H16Cl2N8/c1-10(22)8-28-9-11(7-24-28)18-25-17-14(19-23-5-6-29(18)19)16(26-27-17)12-3-2-4-13(20)15(12)21/h2-7,9-10H,8,22H2,1H3,(H,26,27)/t10-/m0/s1. The van der Waals surface area contributed by atoms with Crippen molar-refractivity contribution in [3.05, 3.63) is 53.0 Å². The fraction of sp³-hybridized carbons (Fsp3) is 0.158. The SMILES string of the molecule is C[C@H](N)Cn1cc(-c2nc3[nH]nc(-c4cccc(Cl)c4Cl)c3c3nccn23)cn1. The maximum atomic E-state index is 6.43. The molecule has 8 nitrogen and oxygen atoms in total. The molecule has 0 aliphatic carbocycles. The molecule has 5 aromatic rings. The van der Waals surface area contributed by atoms with Crippen molar-refractivity contribution < 1.29 is 0 Å². The molecule has 29 heavy (non-hydrogen) atoms. The van der Waals surface area contributed by atoms with Crippen LogP contribution in [0.4, 0.5) is 0 Å². The van der Waals surface area contributed by atoms with Crippen LogP contribution >= 0.6 is 23.2 Å². The second-order valence-corrected chi connectivity index (χ2v) is 7.67. The lowest BCUT2D eigenvalue weighted by atomic mass is 10.1. The van der Waals surface area contributed by atoms with Crippen molar-refractivity contribution >= 4 is 39.9 Å². The van der Waals surface area contributed by atoms with Crippen LogP contribution in [0.15, 0.2) is 43.0 Å². The number of nitrogens with two attached hydrogens (primary N) is 1. The Morgan fingerprint density at radius 2 is 2.14 bits per heavy atom. The van der Waals surface area contributed by atoms with Gasteiger partial charge in [-0.2, -0.15) is 10.2 Å². The Hall–Kier alpha value is -2.94. The molecule has 1 aromatic carbocycles. The Morgan fingerprint density at radius 3 is 2.97 bits per heavy atom. The Kier molecular flexibility index (Phi) is 4.27. The van der Waals surface area contributed by atoms with E-state index in [1.54, 1.807) is 23.1 Å². The molecule has 0 aliphatic rings. The molecule has 0 unspecified atom stereocenters. The van der Waals surface area contributed by atoms with E-state index in [-0.39, 0.29) is 6.04 Å². The van der Waals surface area contributed by atoms with Crippen LogP contribution in [0.5, 0.6) is 0 Å². The van der Waals surface area contributed by atoms with Gasteiger partial charge in [-0.3, -0.25) is 14.2 Å². The third-order valence-corrected chi connectivity index (χ3v) is 5.45. The second kappa shape index (κ2) is 6.84. The molecule has 0 spiro atoms. The number of hydrogen-bond donors (Lipinski definition) is 2. The first-order valence-corrected chi connectivity index (χ1v) is 9.72. The van der Waals surface area contributed by atoms with E-state index in [0.29, 0.717) is 39.4 Å². The number of rotatable bonds is 4. The van der Waals surface area contributed by atoms with Gasteiger partial charge in [0.1, 0.15) is 5.69 Å². The van der Waals surface area contributed by atoms with Gasteiger partial charge in [0, 0.05) is 30.2 Å². The van der Waals surface area contributed by atoms with Gasteiger partial charge in [-0.1, -0.05) is 35.3 Å². The summed E-state index contributed by atoms with van der Waals surface area (Å²) in [5.74, 6) is 0.702. The highest BCUT2D eigenvalue weighted by Crippen LogP contribution is 2.37. The number of nitrogens with zero attached hydrogens (tertiary/aromatic N) is 6. The van der Waals surface area contributed by atoms with Crippen LogP contribution in [0.1, 0.15) is 6.92 Å². The number of fused-ring (bicyclic) bond motifs is 3. The zero-order valence-electron chi connectivity index (χ0n) is 15.3. The quantitative estimate of drug-likeness (QED) is 0.454. The maximum Gasteiger partial charge on any atom is 0.162 e. The minimum absolute atomic E-state index is 0.00376. The van der Waals surface area contributed by atoms with Gasteiger partial charge < -0.3 is 5.73 Å². The van der Waals surface area contributed by atoms with Gasteiger partial charge in [0.05, 0.1) is 33.7 Å². The first-order valence-electron chi connectivity index (χ1n) is 8.97. The van der Waals surface area contributed by atoms with Crippen molar-refractivity contribution in [1.29, 1.82) is 0 Å². The Labute approximate surface area is 175 Å². The Morgan fingerprint density at radius 1 is 1.28 bits per heavy atom. The number of aromatic nitrogens is 7. The average Bonchev–Trinajstić information content (AvgIpc) is 3.41. The first kappa shape index (κ1) is 18.1. The third kappa shape index (κ3) is 2.96. The summed E-state index contributed by atoms with van der Waals surface area (Å²) in [4.78, 5) is 9.32. The lowest BCUT2D eigenvalue weighted by Crippen LogP contribution is -2.22. The molecule has 0 saturated heterocycles. The van der Waals surface area contributed by atoms with Crippen molar-refractivity contribution in [3.8, 4) is 22.6 Å². The summed E-state index contributed by atoms with van der Waals surface area (Å²) >= 11 is 12.6. The summed E-state index contributed by atoms with van der Waals surface area (Å²) in [7, 11) is 0. The lowest BCUT2D eigenvalue weighted by molar-refractivity contribution is 0.539. The highest BCUT2D eigenvalue weighted by atomic mass is 35.5. The van der Waals surface area contributed by atoms with Crippen molar-refractivity contribution in [2.75, 3.05) is 0 Å². The van der Waals surface area contributed by atoms with Gasteiger partial charge in [0.15, 0.2) is 17.1 Å². The van der Waals surface area contributed by atoms with Crippen LogP contribution in [-0.2, 0) is 6.54 Å². The molecular formula is C19H16Cl2N8. The normalized spacial score (nSPS) is 12.8. The van der Waals surface area contributed by atoms with Gasteiger partial charge in [0.25, 0.3) is 0 Å². The van der Waals surface area contributed by atoms with E-state index in [4.69, 9.17) is 33.9 Å². The summed E-state index contributed by atoms with van der Waals surface area (Å²) in [6.45, 7) is 2.56. The van der Waals surface area contributed by atoms with Crippen LogP contribution in [0.3, 0.4) is 0 Å². The van der Waals surface area contributed by atoms with E-state index in [2.05, 4.69) is 20.3 Å². The van der Waals surface area contributed by atoms with Crippen LogP contribution in [0, 0.1) is 0 Å². The lowest BCUT2D eigenvalue weighted by Gasteiger charge is -2.06. The number of aromatic amines is 1. The molecule has 10 heteroatoms. The fourth-order valence-electron chi connectivity index (χ4n) is 3.40. The number of halogens is 2. The highest BCUT2D eigenvalue weighted by Gasteiger charge is 2.20. The zero-order valence-corrected chi connectivity index (χ0v) is 16.9. The number of benzene rings is 1. The van der Waals surface area contributed by atoms with Gasteiger partial charge in [-0.25, -0.2) is 9.97 Å². The first-order chi connectivity index (χ1) is 14.0.